The van der Waals surface area contributed by atoms with Crippen LogP contribution in [0.1, 0.15) is 50.4 Å². The topological polar surface area (TPSA) is 25.2 Å². The molecule has 2 nitrogen and oxygen atoms in total. The highest BCUT2D eigenvalue weighted by molar-refractivity contribution is 5.81. The zero-order chi connectivity index (χ0) is 12.5. The van der Waals surface area contributed by atoms with Crippen LogP contribution in [0.4, 0.5) is 0 Å². The Morgan fingerprint density at radius 1 is 1.39 bits per heavy atom. The van der Waals surface area contributed by atoms with Gasteiger partial charge in [-0.1, -0.05) is 32.0 Å². The number of hydrogen-bond acceptors (Lipinski definition) is 2. The van der Waals surface area contributed by atoms with Crippen LogP contribution in [-0.2, 0) is 6.54 Å². The molecule has 1 unspecified atom stereocenters. The molecule has 2 heteroatoms. The van der Waals surface area contributed by atoms with Gasteiger partial charge in [0.15, 0.2) is 0 Å². The molecule has 1 atom stereocenters. The predicted molar refractivity (Wildman–Crippen MR) is 74.8 cm³/mol. The van der Waals surface area contributed by atoms with Crippen LogP contribution in [0.5, 0.6) is 0 Å². The average molecular weight is 243 g/mol. The standard InChI is InChI=1S/C16H21NO/c1-3-11(2)15-6-4-5-12-9-14(18-16(12)15)10-17-13-7-8-13/h4-6,9,11,13,17H,3,7-8,10H2,1-2H3. The van der Waals surface area contributed by atoms with Crippen LogP contribution < -0.4 is 5.32 Å². The molecule has 0 spiro atoms. The normalized spacial score (nSPS) is 17.2. The van der Waals surface area contributed by atoms with E-state index in [1.54, 1.807) is 0 Å². The lowest BCUT2D eigenvalue weighted by atomic mass is 9.97. The van der Waals surface area contributed by atoms with Gasteiger partial charge in [0.05, 0.1) is 6.54 Å². The van der Waals surface area contributed by atoms with Crippen LogP contribution in [0, 0.1) is 0 Å². The van der Waals surface area contributed by atoms with E-state index in [0.29, 0.717) is 5.92 Å². The number of nitrogens with one attached hydrogen (secondary N) is 1. The second kappa shape index (κ2) is 4.77. The minimum absolute atomic E-state index is 0.559. The van der Waals surface area contributed by atoms with E-state index < -0.39 is 0 Å². The van der Waals surface area contributed by atoms with Gasteiger partial charge in [-0.05, 0) is 36.8 Å². The average Bonchev–Trinajstić information content (AvgIpc) is 3.13. The Bertz CT molecular complexity index is 539. The van der Waals surface area contributed by atoms with E-state index in [9.17, 15) is 0 Å². The highest BCUT2D eigenvalue weighted by Crippen LogP contribution is 2.30. The largest absolute Gasteiger partial charge is 0.459 e. The van der Waals surface area contributed by atoms with E-state index in [2.05, 4.69) is 43.4 Å². The highest BCUT2D eigenvalue weighted by atomic mass is 16.3. The van der Waals surface area contributed by atoms with E-state index >= 15 is 0 Å². The van der Waals surface area contributed by atoms with Gasteiger partial charge < -0.3 is 9.73 Å². The molecular weight excluding hydrogens is 222 g/mol. The van der Waals surface area contributed by atoms with Gasteiger partial charge in [-0.25, -0.2) is 0 Å². The quantitative estimate of drug-likeness (QED) is 0.851. The summed E-state index contributed by atoms with van der Waals surface area (Å²) >= 11 is 0. The molecule has 0 radical (unpaired) electrons. The van der Waals surface area contributed by atoms with Crippen molar-refractivity contribution in [2.45, 2.75) is 51.6 Å². The van der Waals surface area contributed by atoms with Crippen molar-refractivity contribution in [1.29, 1.82) is 0 Å². The second-order valence-electron chi connectivity index (χ2n) is 5.44. The summed E-state index contributed by atoms with van der Waals surface area (Å²) in [4.78, 5) is 0. The molecule has 1 fully saturated rings. The second-order valence-corrected chi connectivity index (χ2v) is 5.44. The summed E-state index contributed by atoms with van der Waals surface area (Å²) in [6, 6.07) is 9.38. The van der Waals surface area contributed by atoms with Crippen LogP contribution in [0.2, 0.25) is 0 Å². The summed E-state index contributed by atoms with van der Waals surface area (Å²) in [5.74, 6) is 1.62. The molecule has 18 heavy (non-hydrogen) atoms. The van der Waals surface area contributed by atoms with E-state index in [0.717, 1.165) is 30.4 Å². The fourth-order valence-corrected chi connectivity index (χ4v) is 2.37. The molecule has 1 saturated carbocycles. The Hall–Kier alpha value is -1.28. The number of furan rings is 1. The van der Waals surface area contributed by atoms with Gasteiger partial charge >= 0.3 is 0 Å². The fourth-order valence-electron chi connectivity index (χ4n) is 2.37. The summed E-state index contributed by atoms with van der Waals surface area (Å²) in [5, 5.41) is 4.74. The smallest absolute Gasteiger partial charge is 0.137 e. The molecule has 0 bridgehead atoms. The van der Waals surface area contributed by atoms with E-state index in [1.165, 1.54) is 23.8 Å². The van der Waals surface area contributed by atoms with Crippen LogP contribution in [-0.4, -0.2) is 6.04 Å². The van der Waals surface area contributed by atoms with Gasteiger partial charge in [0, 0.05) is 11.4 Å². The molecule has 1 aliphatic rings. The van der Waals surface area contributed by atoms with Crippen molar-refractivity contribution in [2.75, 3.05) is 0 Å². The number of para-hydroxylation sites is 1. The van der Waals surface area contributed by atoms with Gasteiger partial charge in [-0.2, -0.15) is 0 Å². The van der Waals surface area contributed by atoms with Crippen molar-refractivity contribution in [3.05, 3.63) is 35.6 Å². The fraction of sp³-hybridized carbons (Fsp3) is 0.500. The Labute approximate surface area is 108 Å². The minimum Gasteiger partial charge on any atom is -0.459 e. The SMILES string of the molecule is CCC(C)c1cccc2cc(CNC3CC3)oc12. The van der Waals surface area contributed by atoms with Gasteiger partial charge in [-0.3, -0.25) is 0 Å². The van der Waals surface area contributed by atoms with Crippen LogP contribution in [0.25, 0.3) is 11.0 Å². The van der Waals surface area contributed by atoms with E-state index in [-0.39, 0.29) is 0 Å². The molecule has 1 heterocycles. The Balaban J connectivity index is 1.89. The van der Waals surface area contributed by atoms with Crippen LogP contribution >= 0.6 is 0 Å². The number of hydrogen-bond donors (Lipinski definition) is 1. The molecular formula is C16H21NO. The van der Waals surface area contributed by atoms with Gasteiger partial charge in [0.25, 0.3) is 0 Å². The summed E-state index contributed by atoms with van der Waals surface area (Å²) in [7, 11) is 0. The maximum atomic E-state index is 6.04. The summed E-state index contributed by atoms with van der Waals surface area (Å²) < 4.78 is 6.04. The molecule has 0 amide bonds. The molecule has 1 aromatic carbocycles. The maximum Gasteiger partial charge on any atom is 0.137 e. The van der Waals surface area contributed by atoms with E-state index in [4.69, 9.17) is 4.42 Å². The molecule has 0 saturated heterocycles. The lowest BCUT2D eigenvalue weighted by Gasteiger charge is -2.08. The first-order valence-electron chi connectivity index (χ1n) is 7.02. The van der Waals surface area contributed by atoms with E-state index in [1.807, 2.05) is 0 Å². The third kappa shape index (κ3) is 2.30. The summed E-state index contributed by atoms with van der Waals surface area (Å²) in [6.07, 6.45) is 3.78. The zero-order valence-corrected chi connectivity index (χ0v) is 11.2. The lowest BCUT2D eigenvalue weighted by Crippen LogP contribution is -2.14. The first-order chi connectivity index (χ1) is 8.78. The third-order valence-corrected chi connectivity index (χ3v) is 3.91. The van der Waals surface area contributed by atoms with Gasteiger partial charge in [-0.15, -0.1) is 0 Å². The number of rotatable bonds is 5. The Kier molecular flexibility index (Phi) is 3.13. The first kappa shape index (κ1) is 11.8. The molecule has 1 aromatic heterocycles. The molecule has 96 valence electrons. The van der Waals surface area contributed by atoms with Crippen molar-refractivity contribution in [1.82, 2.24) is 5.32 Å². The summed E-state index contributed by atoms with van der Waals surface area (Å²) in [6.45, 7) is 5.35. The van der Waals surface area contributed by atoms with Crippen molar-refractivity contribution < 1.29 is 4.42 Å². The summed E-state index contributed by atoms with van der Waals surface area (Å²) in [5.41, 5.74) is 2.42. The molecule has 0 aliphatic heterocycles. The van der Waals surface area contributed by atoms with Gasteiger partial charge in [0.2, 0.25) is 0 Å². The minimum atomic E-state index is 0.559. The molecule has 3 rings (SSSR count). The predicted octanol–water partition coefficient (Wildman–Crippen LogP) is 4.20. The van der Waals surface area contributed by atoms with Crippen molar-refractivity contribution in [3.63, 3.8) is 0 Å². The molecule has 1 N–H and O–H groups in total. The Morgan fingerprint density at radius 2 is 2.22 bits per heavy atom. The number of fused-ring (bicyclic) bond motifs is 1. The zero-order valence-electron chi connectivity index (χ0n) is 11.2. The number of benzene rings is 1. The van der Waals surface area contributed by atoms with Crippen LogP contribution in [0.3, 0.4) is 0 Å². The van der Waals surface area contributed by atoms with Crippen molar-refractivity contribution in [3.8, 4) is 0 Å². The van der Waals surface area contributed by atoms with Crippen molar-refractivity contribution >= 4 is 11.0 Å². The van der Waals surface area contributed by atoms with Gasteiger partial charge in [0.1, 0.15) is 11.3 Å². The molecule has 1 aliphatic carbocycles. The van der Waals surface area contributed by atoms with Crippen LogP contribution in [0.15, 0.2) is 28.7 Å². The third-order valence-electron chi connectivity index (χ3n) is 3.91. The maximum absolute atomic E-state index is 6.04. The molecule has 2 aromatic rings. The highest BCUT2D eigenvalue weighted by Gasteiger charge is 2.21. The Morgan fingerprint density at radius 3 is 2.94 bits per heavy atom. The van der Waals surface area contributed by atoms with Crippen molar-refractivity contribution in [2.24, 2.45) is 0 Å². The lowest BCUT2D eigenvalue weighted by molar-refractivity contribution is 0.508. The first-order valence-corrected chi connectivity index (χ1v) is 7.02. The monoisotopic (exact) mass is 243 g/mol.